The molecule has 1 aliphatic carbocycles. The molecule has 1 saturated carbocycles. The van der Waals surface area contributed by atoms with Crippen molar-refractivity contribution in [3.8, 4) is 5.75 Å². The molecule has 0 radical (unpaired) electrons. The van der Waals surface area contributed by atoms with Crippen LogP contribution in [0.15, 0.2) is 42.5 Å². The van der Waals surface area contributed by atoms with E-state index in [9.17, 15) is 9.90 Å². The highest BCUT2D eigenvalue weighted by atomic mass is 16.5. The Kier molecular flexibility index (Phi) is 6.63. The number of aromatic carboxylic acids is 1. The molecule has 0 amide bonds. The zero-order chi connectivity index (χ0) is 23.7. The number of aromatic nitrogens is 2. The third kappa shape index (κ3) is 5.00. The lowest BCUT2D eigenvalue weighted by Gasteiger charge is -2.39. The summed E-state index contributed by atoms with van der Waals surface area (Å²) in [6, 6.07) is 13.5. The van der Waals surface area contributed by atoms with Crippen LogP contribution in [0.2, 0.25) is 0 Å². The first kappa shape index (κ1) is 23.1. The summed E-state index contributed by atoms with van der Waals surface area (Å²) in [5.41, 5.74) is 2.86. The van der Waals surface area contributed by atoms with Crippen LogP contribution < -0.4 is 10.1 Å². The fourth-order valence-corrected chi connectivity index (χ4v) is 5.12. The average Bonchev–Trinajstić information content (AvgIpc) is 3.11. The Morgan fingerprint density at radius 2 is 1.85 bits per heavy atom. The second-order valence-electron chi connectivity index (χ2n) is 10.0. The van der Waals surface area contributed by atoms with Gasteiger partial charge in [-0.1, -0.05) is 27.2 Å². The Balaban J connectivity index is 1.78. The van der Waals surface area contributed by atoms with E-state index in [1.54, 1.807) is 12.1 Å². The Hall–Kier alpha value is -3.02. The SMILES string of the molecule is CC(C)Oc1ccc(Nc2nc3cc(C(=O)O)ccc3n2[C@@H]2C[C@H](C)CC[C@H]2C(C)C)cc1. The van der Waals surface area contributed by atoms with Crippen molar-refractivity contribution in [1.82, 2.24) is 9.55 Å². The summed E-state index contributed by atoms with van der Waals surface area (Å²) in [5.74, 6) is 2.39. The Morgan fingerprint density at radius 3 is 2.48 bits per heavy atom. The lowest BCUT2D eigenvalue weighted by Crippen LogP contribution is -2.30. The molecule has 2 aromatic carbocycles. The molecule has 1 aromatic heterocycles. The second kappa shape index (κ2) is 9.46. The molecule has 1 heterocycles. The zero-order valence-electron chi connectivity index (χ0n) is 20.2. The van der Waals surface area contributed by atoms with E-state index in [0.29, 0.717) is 29.3 Å². The summed E-state index contributed by atoms with van der Waals surface area (Å²) in [7, 11) is 0. The van der Waals surface area contributed by atoms with Gasteiger partial charge in [0.15, 0.2) is 0 Å². The molecule has 3 atom stereocenters. The van der Waals surface area contributed by atoms with E-state index in [1.165, 1.54) is 12.8 Å². The molecule has 1 fully saturated rings. The minimum atomic E-state index is -0.937. The number of carboxylic acids is 1. The molecule has 1 aliphatic rings. The summed E-state index contributed by atoms with van der Waals surface area (Å²) < 4.78 is 8.09. The quantitative estimate of drug-likeness (QED) is 0.410. The van der Waals surface area contributed by atoms with Crippen LogP contribution >= 0.6 is 0 Å². The Labute approximate surface area is 196 Å². The van der Waals surface area contributed by atoms with Crippen LogP contribution in [-0.2, 0) is 0 Å². The van der Waals surface area contributed by atoms with E-state index < -0.39 is 5.97 Å². The molecule has 6 heteroatoms. The van der Waals surface area contributed by atoms with Crippen molar-refractivity contribution in [2.24, 2.45) is 17.8 Å². The summed E-state index contributed by atoms with van der Waals surface area (Å²) in [5, 5.41) is 13.0. The molecule has 0 unspecified atom stereocenters. The van der Waals surface area contributed by atoms with Crippen molar-refractivity contribution in [2.75, 3.05) is 5.32 Å². The number of fused-ring (bicyclic) bond motifs is 1. The van der Waals surface area contributed by atoms with Gasteiger partial charge in [0, 0.05) is 11.7 Å². The van der Waals surface area contributed by atoms with Gasteiger partial charge in [0.25, 0.3) is 0 Å². The summed E-state index contributed by atoms with van der Waals surface area (Å²) in [4.78, 5) is 16.4. The first-order chi connectivity index (χ1) is 15.7. The highest BCUT2D eigenvalue weighted by Gasteiger charge is 2.34. The lowest BCUT2D eigenvalue weighted by molar-refractivity contribution is 0.0697. The van der Waals surface area contributed by atoms with E-state index in [4.69, 9.17) is 9.72 Å². The van der Waals surface area contributed by atoms with Crippen molar-refractivity contribution in [3.63, 3.8) is 0 Å². The fourth-order valence-electron chi connectivity index (χ4n) is 5.12. The molecule has 4 rings (SSSR count). The number of anilines is 2. The van der Waals surface area contributed by atoms with Crippen LogP contribution in [-0.4, -0.2) is 26.7 Å². The van der Waals surface area contributed by atoms with Gasteiger partial charge >= 0.3 is 5.97 Å². The molecule has 0 aliphatic heterocycles. The maximum absolute atomic E-state index is 11.6. The Bertz CT molecular complexity index is 1120. The Morgan fingerprint density at radius 1 is 1.12 bits per heavy atom. The van der Waals surface area contributed by atoms with Crippen molar-refractivity contribution < 1.29 is 14.6 Å². The molecule has 0 spiro atoms. The van der Waals surface area contributed by atoms with Crippen LogP contribution in [0.25, 0.3) is 11.0 Å². The van der Waals surface area contributed by atoms with Gasteiger partial charge in [-0.05, 0) is 86.9 Å². The van der Waals surface area contributed by atoms with Gasteiger partial charge in [-0.15, -0.1) is 0 Å². The summed E-state index contributed by atoms with van der Waals surface area (Å²) in [6.07, 6.45) is 3.65. The van der Waals surface area contributed by atoms with Gasteiger partial charge in [-0.25, -0.2) is 9.78 Å². The standard InChI is InChI=1S/C27H35N3O3/c1-16(2)22-12-6-18(5)14-25(22)30-24-13-7-19(26(31)32)15-23(24)29-27(30)28-20-8-10-21(11-9-20)33-17(3)4/h7-11,13,15-18,22,25H,6,12,14H2,1-5H3,(H,28,29)(H,31,32)/t18-,22+,25-/m1/s1. The van der Waals surface area contributed by atoms with Gasteiger partial charge < -0.3 is 19.7 Å². The highest BCUT2D eigenvalue weighted by molar-refractivity contribution is 5.93. The van der Waals surface area contributed by atoms with Crippen molar-refractivity contribution >= 4 is 28.6 Å². The monoisotopic (exact) mass is 449 g/mol. The smallest absolute Gasteiger partial charge is 0.335 e. The number of rotatable bonds is 7. The molecular weight excluding hydrogens is 414 g/mol. The number of benzene rings is 2. The topological polar surface area (TPSA) is 76.4 Å². The number of hydrogen-bond donors (Lipinski definition) is 2. The van der Waals surface area contributed by atoms with Gasteiger partial charge in [-0.2, -0.15) is 0 Å². The van der Waals surface area contributed by atoms with Crippen LogP contribution in [0.1, 0.15) is 70.3 Å². The van der Waals surface area contributed by atoms with E-state index >= 15 is 0 Å². The normalized spacial score (nSPS) is 21.0. The van der Waals surface area contributed by atoms with E-state index in [2.05, 4.69) is 30.7 Å². The minimum Gasteiger partial charge on any atom is -0.491 e. The number of ether oxygens (including phenoxy) is 1. The van der Waals surface area contributed by atoms with Gasteiger partial charge in [-0.3, -0.25) is 0 Å². The maximum atomic E-state index is 11.6. The van der Waals surface area contributed by atoms with Crippen LogP contribution in [0.4, 0.5) is 11.6 Å². The maximum Gasteiger partial charge on any atom is 0.335 e. The van der Waals surface area contributed by atoms with Crippen LogP contribution in [0.3, 0.4) is 0 Å². The third-order valence-corrected chi connectivity index (χ3v) is 6.74. The summed E-state index contributed by atoms with van der Waals surface area (Å²) >= 11 is 0. The molecule has 6 nitrogen and oxygen atoms in total. The van der Waals surface area contributed by atoms with Gasteiger partial charge in [0.2, 0.25) is 5.95 Å². The molecule has 176 valence electrons. The average molecular weight is 450 g/mol. The second-order valence-corrected chi connectivity index (χ2v) is 10.0. The number of nitrogens with one attached hydrogen (secondary N) is 1. The molecule has 0 bridgehead atoms. The lowest BCUT2D eigenvalue weighted by atomic mass is 9.74. The van der Waals surface area contributed by atoms with Crippen LogP contribution in [0, 0.1) is 17.8 Å². The van der Waals surface area contributed by atoms with E-state index in [0.717, 1.165) is 29.3 Å². The predicted octanol–water partition coefficient (Wildman–Crippen LogP) is 6.90. The molecule has 0 saturated heterocycles. The molecular formula is C27H35N3O3. The zero-order valence-corrected chi connectivity index (χ0v) is 20.2. The van der Waals surface area contributed by atoms with E-state index in [1.807, 2.05) is 44.2 Å². The number of carbonyl (C=O) groups is 1. The van der Waals surface area contributed by atoms with Crippen molar-refractivity contribution in [1.29, 1.82) is 0 Å². The predicted molar refractivity (Wildman–Crippen MR) is 133 cm³/mol. The number of hydrogen-bond acceptors (Lipinski definition) is 4. The van der Waals surface area contributed by atoms with Gasteiger partial charge in [0.05, 0.1) is 22.7 Å². The first-order valence-electron chi connectivity index (χ1n) is 12.0. The van der Waals surface area contributed by atoms with Gasteiger partial charge in [0.1, 0.15) is 5.75 Å². The largest absolute Gasteiger partial charge is 0.491 e. The fraction of sp³-hybridized carbons (Fsp3) is 0.481. The van der Waals surface area contributed by atoms with Crippen molar-refractivity contribution in [3.05, 3.63) is 48.0 Å². The minimum absolute atomic E-state index is 0.123. The third-order valence-electron chi connectivity index (χ3n) is 6.74. The molecule has 33 heavy (non-hydrogen) atoms. The highest BCUT2D eigenvalue weighted by Crippen LogP contribution is 2.44. The first-order valence-corrected chi connectivity index (χ1v) is 12.0. The summed E-state index contributed by atoms with van der Waals surface area (Å²) in [6.45, 7) is 10.9. The van der Waals surface area contributed by atoms with Crippen molar-refractivity contribution in [2.45, 2.75) is 66.0 Å². The molecule has 3 aromatic rings. The number of nitrogens with zero attached hydrogens (tertiary/aromatic N) is 2. The van der Waals surface area contributed by atoms with Crippen LogP contribution in [0.5, 0.6) is 5.75 Å². The molecule has 2 N–H and O–H groups in total. The number of carboxylic acid groups (broad SMARTS) is 1. The number of imidazole rings is 1. The van der Waals surface area contributed by atoms with E-state index in [-0.39, 0.29) is 11.7 Å².